The van der Waals surface area contributed by atoms with Crippen molar-refractivity contribution in [2.45, 2.75) is 12.5 Å². The third-order valence-electron chi connectivity index (χ3n) is 6.39. The van der Waals surface area contributed by atoms with Crippen LogP contribution in [0.25, 0.3) is 0 Å². The SMILES string of the molecule is CN1[C@@H](c2ccccc2)[C@@H]2C=C[C@H](Cc3ccccc3)C=C2P1(=O)c1ccccc1. The molecular formula is C27H26NOP. The molecule has 5 rings (SSSR count). The summed E-state index contributed by atoms with van der Waals surface area (Å²) in [5.41, 5.74) is 2.53. The van der Waals surface area contributed by atoms with Crippen molar-refractivity contribution in [2.24, 2.45) is 11.8 Å². The van der Waals surface area contributed by atoms with Crippen LogP contribution < -0.4 is 5.30 Å². The average molecular weight is 411 g/mol. The summed E-state index contributed by atoms with van der Waals surface area (Å²) >= 11 is 0. The molecule has 1 fully saturated rings. The van der Waals surface area contributed by atoms with E-state index < -0.39 is 7.29 Å². The number of fused-ring (bicyclic) bond motifs is 1. The topological polar surface area (TPSA) is 20.3 Å². The lowest BCUT2D eigenvalue weighted by Crippen LogP contribution is -2.22. The van der Waals surface area contributed by atoms with Gasteiger partial charge in [-0.25, -0.2) is 4.67 Å². The quantitative estimate of drug-likeness (QED) is 0.376. The Balaban J connectivity index is 1.60. The van der Waals surface area contributed by atoms with Crippen molar-refractivity contribution in [3.8, 4) is 0 Å². The van der Waals surface area contributed by atoms with E-state index in [2.05, 4.69) is 77.5 Å². The fourth-order valence-electron chi connectivity index (χ4n) is 4.95. The maximum atomic E-state index is 14.7. The second-order valence-corrected chi connectivity index (χ2v) is 11.0. The Hall–Kier alpha value is -2.67. The Morgan fingerprint density at radius 2 is 1.40 bits per heavy atom. The molecule has 1 unspecified atom stereocenters. The van der Waals surface area contributed by atoms with Gasteiger partial charge in [0.05, 0.1) is 6.04 Å². The van der Waals surface area contributed by atoms with E-state index in [9.17, 15) is 4.57 Å². The molecular weight excluding hydrogens is 385 g/mol. The van der Waals surface area contributed by atoms with Gasteiger partial charge in [-0.3, -0.25) is 4.57 Å². The van der Waals surface area contributed by atoms with E-state index in [1.54, 1.807) is 0 Å². The maximum Gasteiger partial charge on any atom is 0.203 e. The van der Waals surface area contributed by atoms with E-state index in [-0.39, 0.29) is 17.9 Å². The van der Waals surface area contributed by atoms with E-state index >= 15 is 0 Å². The molecule has 0 saturated carbocycles. The first kappa shape index (κ1) is 19.3. The predicted octanol–water partition coefficient (Wildman–Crippen LogP) is 6.21. The monoisotopic (exact) mass is 411 g/mol. The molecule has 0 aromatic heterocycles. The van der Waals surface area contributed by atoms with E-state index in [1.165, 1.54) is 11.1 Å². The standard InChI is InChI=1S/C27H26NOP/c1-28-27(23-13-7-3-8-14-23)25-18-17-22(19-21-11-5-2-6-12-21)20-26(25)30(28,29)24-15-9-4-10-16-24/h2-18,20,22,25,27H,19H2,1H3/t22-,25-,27+,30?/m1/s1. The van der Waals surface area contributed by atoms with Crippen LogP contribution in [0, 0.1) is 11.8 Å². The molecule has 1 saturated heterocycles. The fraction of sp³-hybridized carbons (Fsp3) is 0.185. The molecule has 4 atom stereocenters. The minimum Gasteiger partial charge on any atom is -0.297 e. The molecule has 3 aromatic rings. The summed E-state index contributed by atoms with van der Waals surface area (Å²) in [6.45, 7) is 0. The largest absolute Gasteiger partial charge is 0.297 e. The van der Waals surface area contributed by atoms with Crippen LogP contribution in [0.4, 0.5) is 0 Å². The lowest BCUT2D eigenvalue weighted by molar-refractivity contribution is 0.371. The van der Waals surface area contributed by atoms with Gasteiger partial charge in [0.1, 0.15) is 0 Å². The van der Waals surface area contributed by atoms with E-state index in [1.807, 2.05) is 43.4 Å². The van der Waals surface area contributed by atoms with Crippen LogP contribution in [-0.4, -0.2) is 11.7 Å². The highest BCUT2D eigenvalue weighted by Crippen LogP contribution is 2.70. The van der Waals surface area contributed by atoms with Crippen molar-refractivity contribution >= 4 is 12.6 Å². The van der Waals surface area contributed by atoms with E-state index in [0.717, 1.165) is 17.0 Å². The maximum absolute atomic E-state index is 14.7. The molecule has 1 heterocycles. The van der Waals surface area contributed by atoms with Gasteiger partial charge in [0.25, 0.3) is 0 Å². The lowest BCUT2D eigenvalue weighted by atomic mass is 9.85. The third kappa shape index (κ3) is 3.21. The van der Waals surface area contributed by atoms with Crippen LogP contribution in [0.2, 0.25) is 0 Å². The molecule has 30 heavy (non-hydrogen) atoms. The molecule has 1 aliphatic carbocycles. The molecule has 0 amide bonds. The van der Waals surface area contributed by atoms with Gasteiger partial charge in [-0.05, 0) is 42.6 Å². The Morgan fingerprint density at radius 1 is 0.800 bits per heavy atom. The van der Waals surface area contributed by atoms with Gasteiger partial charge >= 0.3 is 0 Å². The van der Waals surface area contributed by atoms with Gasteiger partial charge in [0.15, 0.2) is 0 Å². The summed E-state index contributed by atoms with van der Waals surface area (Å²) < 4.78 is 16.9. The van der Waals surface area contributed by atoms with Gasteiger partial charge in [0, 0.05) is 16.5 Å². The molecule has 0 radical (unpaired) electrons. The first-order chi connectivity index (χ1) is 14.7. The number of hydrogen-bond acceptors (Lipinski definition) is 1. The molecule has 0 N–H and O–H groups in total. The van der Waals surface area contributed by atoms with Crippen LogP contribution in [0.5, 0.6) is 0 Å². The van der Waals surface area contributed by atoms with Crippen molar-refractivity contribution in [1.82, 2.24) is 4.67 Å². The van der Waals surface area contributed by atoms with Gasteiger partial charge in [-0.2, -0.15) is 0 Å². The van der Waals surface area contributed by atoms with Crippen molar-refractivity contribution in [3.63, 3.8) is 0 Å². The number of nitrogens with zero attached hydrogens (tertiary/aromatic N) is 1. The summed E-state index contributed by atoms with van der Waals surface area (Å²) in [5, 5.41) is 2.02. The van der Waals surface area contributed by atoms with Crippen molar-refractivity contribution in [2.75, 3.05) is 7.05 Å². The first-order valence-electron chi connectivity index (χ1n) is 10.6. The molecule has 3 heteroatoms. The number of hydrogen-bond donors (Lipinski definition) is 0. The Labute approximate surface area is 179 Å². The van der Waals surface area contributed by atoms with Gasteiger partial charge in [-0.15, -0.1) is 0 Å². The normalized spacial score (nSPS) is 28.2. The molecule has 0 spiro atoms. The molecule has 3 aromatic carbocycles. The fourth-order valence-corrected chi connectivity index (χ4v) is 8.21. The summed E-state index contributed by atoms with van der Waals surface area (Å²) in [6.07, 6.45) is 7.85. The number of rotatable bonds is 4. The lowest BCUT2D eigenvalue weighted by Gasteiger charge is -2.26. The summed E-state index contributed by atoms with van der Waals surface area (Å²) in [6, 6.07) is 31.2. The van der Waals surface area contributed by atoms with Crippen LogP contribution in [0.3, 0.4) is 0 Å². The number of allylic oxidation sites excluding steroid dienone is 2. The van der Waals surface area contributed by atoms with E-state index in [0.29, 0.717) is 0 Å². The average Bonchev–Trinajstić information content (AvgIpc) is 3.03. The second-order valence-electron chi connectivity index (χ2n) is 8.20. The van der Waals surface area contributed by atoms with Crippen LogP contribution in [-0.2, 0) is 11.0 Å². The first-order valence-corrected chi connectivity index (χ1v) is 12.2. The van der Waals surface area contributed by atoms with Crippen molar-refractivity contribution < 1.29 is 4.57 Å². The zero-order valence-electron chi connectivity index (χ0n) is 17.1. The smallest absolute Gasteiger partial charge is 0.203 e. The molecule has 2 nitrogen and oxygen atoms in total. The highest BCUT2D eigenvalue weighted by molar-refractivity contribution is 7.73. The molecule has 0 bridgehead atoms. The zero-order chi connectivity index (χ0) is 20.6. The van der Waals surface area contributed by atoms with Crippen molar-refractivity contribution in [1.29, 1.82) is 0 Å². The zero-order valence-corrected chi connectivity index (χ0v) is 18.0. The van der Waals surface area contributed by atoms with Crippen molar-refractivity contribution in [3.05, 3.63) is 126 Å². The van der Waals surface area contributed by atoms with Gasteiger partial charge < -0.3 is 0 Å². The van der Waals surface area contributed by atoms with Gasteiger partial charge in [0.2, 0.25) is 7.29 Å². The Kier molecular flexibility index (Phi) is 5.06. The number of benzene rings is 3. The Morgan fingerprint density at radius 3 is 2.07 bits per heavy atom. The van der Waals surface area contributed by atoms with Crippen LogP contribution in [0.1, 0.15) is 17.2 Å². The molecule has 1 aliphatic heterocycles. The minimum atomic E-state index is -2.87. The highest BCUT2D eigenvalue weighted by atomic mass is 31.2. The summed E-state index contributed by atoms with van der Waals surface area (Å²) in [7, 11) is -0.833. The molecule has 2 aliphatic rings. The minimum absolute atomic E-state index is 0.0809. The van der Waals surface area contributed by atoms with Crippen LogP contribution >= 0.6 is 7.29 Å². The second kappa shape index (κ2) is 7.87. The van der Waals surface area contributed by atoms with Crippen LogP contribution in [0.15, 0.2) is 115 Å². The summed E-state index contributed by atoms with van der Waals surface area (Å²) in [4.78, 5) is 0. The van der Waals surface area contributed by atoms with E-state index in [4.69, 9.17) is 0 Å². The Bertz CT molecular complexity index is 1120. The molecule has 150 valence electrons. The predicted molar refractivity (Wildman–Crippen MR) is 125 cm³/mol. The highest BCUT2D eigenvalue weighted by Gasteiger charge is 2.52. The third-order valence-corrected chi connectivity index (χ3v) is 9.67. The van der Waals surface area contributed by atoms with Gasteiger partial charge in [-0.1, -0.05) is 97.1 Å². The summed E-state index contributed by atoms with van der Waals surface area (Å²) in [5.74, 6) is 0.397.